The van der Waals surface area contributed by atoms with Crippen LogP contribution >= 0.6 is 0 Å². The number of nitrogens with one attached hydrogen (secondary N) is 3. The number of halogens is 1. The first-order chi connectivity index (χ1) is 11.7. The van der Waals surface area contributed by atoms with Crippen molar-refractivity contribution in [2.75, 3.05) is 13.1 Å². The first-order valence-electron chi connectivity index (χ1n) is 8.68. The molecule has 0 radical (unpaired) electrons. The number of amides is 1. The number of benzene rings is 1. The molecule has 7 heteroatoms. The standard InChI is InChI=1S/C17H23FN4O2/c18-11-3-1-4-12(9-11)24-13-7-8-22(10-13)17(23)14-5-2-6-15-16(14)20-21-19-15/h1,3-4,9,13-16,19-21H,2,5-8,10H2. The fourth-order valence-electron chi connectivity index (χ4n) is 4.05. The van der Waals surface area contributed by atoms with Crippen molar-refractivity contribution in [3.05, 3.63) is 30.1 Å². The summed E-state index contributed by atoms with van der Waals surface area (Å²) in [6, 6.07) is 6.63. The zero-order chi connectivity index (χ0) is 16.5. The van der Waals surface area contributed by atoms with Crippen molar-refractivity contribution in [1.29, 1.82) is 0 Å². The normalized spacial score (nSPS) is 32.6. The molecule has 1 aromatic rings. The van der Waals surface area contributed by atoms with Crippen molar-refractivity contribution < 1.29 is 13.9 Å². The molecule has 4 rings (SSSR count). The van der Waals surface area contributed by atoms with Crippen molar-refractivity contribution >= 4 is 5.91 Å². The predicted molar refractivity (Wildman–Crippen MR) is 86.3 cm³/mol. The highest BCUT2D eigenvalue weighted by atomic mass is 19.1. The summed E-state index contributed by atoms with van der Waals surface area (Å²) < 4.78 is 19.1. The molecule has 1 aliphatic carbocycles. The van der Waals surface area contributed by atoms with Crippen LogP contribution in [0.5, 0.6) is 5.75 Å². The average Bonchev–Trinajstić information content (AvgIpc) is 3.23. The van der Waals surface area contributed by atoms with E-state index in [0.29, 0.717) is 24.9 Å². The molecule has 0 aromatic heterocycles. The Morgan fingerprint density at radius 1 is 1.25 bits per heavy atom. The van der Waals surface area contributed by atoms with Crippen LogP contribution < -0.4 is 21.1 Å². The van der Waals surface area contributed by atoms with Crippen molar-refractivity contribution in [3.8, 4) is 5.75 Å². The van der Waals surface area contributed by atoms with Crippen molar-refractivity contribution in [3.63, 3.8) is 0 Å². The summed E-state index contributed by atoms with van der Waals surface area (Å²) in [7, 11) is 0. The van der Waals surface area contributed by atoms with Crippen LogP contribution in [0, 0.1) is 11.7 Å². The van der Waals surface area contributed by atoms with E-state index in [4.69, 9.17) is 4.74 Å². The van der Waals surface area contributed by atoms with Crippen molar-refractivity contribution in [2.45, 2.75) is 43.9 Å². The Labute approximate surface area is 140 Å². The highest BCUT2D eigenvalue weighted by molar-refractivity contribution is 5.80. The van der Waals surface area contributed by atoms with Gasteiger partial charge in [0.1, 0.15) is 17.7 Å². The third-order valence-electron chi connectivity index (χ3n) is 5.27. The highest BCUT2D eigenvalue weighted by Crippen LogP contribution is 2.29. The quantitative estimate of drug-likeness (QED) is 0.768. The largest absolute Gasteiger partial charge is 0.488 e. The molecular formula is C17H23FN4O2. The molecule has 0 bridgehead atoms. The Bertz CT molecular complexity index is 614. The first-order valence-corrected chi connectivity index (χ1v) is 8.68. The molecule has 4 atom stereocenters. The van der Waals surface area contributed by atoms with E-state index in [1.807, 2.05) is 4.90 Å². The molecular weight excluding hydrogens is 311 g/mol. The molecule has 0 spiro atoms. The summed E-state index contributed by atoms with van der Waals surface area (Å²) in [4.78, 5) is 14.8. The summed E-state index contributed by atoms with van der Waals surface area (Å²) in [6.45, 7) is 1.28. The van der Waals surface area contributed by atoms with E-state index in [9.17, 15) is 9.18 Å². The molecule has 6 nitrogen and oxygen atoms in total. The molecule has 4 unspecified atom stereocenters. The number of hydrogen-bond acceptors (Lipinski definition) is 5. The summed E-state index contributed by atoms with van der Waals surface area (Å²) in [5.41, 5.74) is 9.33. The van der Waals surface area contributed by atoms with Crippen LogP contribution in [-0.2, 0) is 4.79 Å². The maximum Gasteiger partial charge on any atom is 0.227 e. The SMILES string of the molecule is O=C(C1CCCC2NNNC21)N1CCC(Oc2cccc(F)c2)C1. The second kappa shape index (κ2) is 6.66. The molecule has 1 saturated carbocycles. The fraction of sp³-hybridized carbons (Fsp3) is 0.588. The smallest absolute Gasteiger partial charge is 0.227 e. The lowest BCUT2D eigenvalue weighted by Gasteiger charge is -2.33. The van der Waals surface area contributed by atoms with E-state index in [2.05, 4.69) is 16.4 Å². The minimum absolute atomic E-state index is 0.000769. The van der Waals surface area contributed by atoms with Crippen LogP contribution in [0.3, 0.4) is 0 Å². The molecule has 2 aliphatic heterocycles. The maximum atomic E-state index is 13.3. The van der Waals surface area contributed by atoms with E-state index in [1.54, 1.807) is 12.1 Å². The van der Waals surface area contributed by atoms with E-state index in [1.165, 1.54) is 12.1 Å². The second-order valence-electron chi connectivity index (χ2n) is 6.85. The number of carbonyl (C=O) groups excluding carboxylic acids is 1. The molecule has 3 aliphatic rings. The fourth-order valence-corrected chi connectivity index (χ4v) is 4.05. The summed E-state index contributed by atoms with van der Waals surface area (Å²) in [6.07, 6.45) is 3.78. The Hall–Kier alpha value is -1.70. The number of fused-ring (bicyclic) bond motifs is 1. The number of hydrogen-bond donors (Lipinski definition) is 3. The van der Waals surface area contributed by atoms with Crippen LogP contribution in [0.2, 0.25) is 0 Å². The lowest BCUT2D eigenvalue weighted by Crippen LogP contribution is -2.50. The van der Waals surface area contributed by atoms with Gasteiger partial charge in [-0.3, -0.25) is 4.79 Å². The van der Waals surface area contributed by atoms with Crippen LogP contribution in [0.25, 0.3) is 0 Å². The Balaban J connectivity index is 1.36. The van der Waals surface area contributed by atoms with Gasteiger partial charge in [-0.25, -0.2) is 15.2 Å². The average molecular weight is 334 g/mol. The van der Waals surface area contributed by atoms with Gasteiger partial charge >= 0.3 is 0 Å². The second-order valence-corrected chi connectivity index (χ2v) is 6.85. The van der Waals surface area contributed by atoms with Gasteiger partial charge in [-0.15, -0.1) is 0 Å². The van der Waals surface area contributed by atoms with Crippen LogP contribution in [0.1, 0.15) is 25.7 Å². The number of ether oxygens (including phenoxy) is 1. The molecule has 130 valence electrons. The zero-order valence-corrected chi connectivity index (χ0v) is 13.5. The van der Waals surface area contributed by atoms with Gasteiger partial charge in [0, 0.05) is 25.1 Å². The zero-order valence-electron chi connectivity index (χ0n) is 13.5. The molecule has 1 aromatic carbocycles. The van der Waals surface area contributed by atoms with E-state index in [0.717, 1.165) is 25.7 Å². The molecule has 1 amide bonds. The summed E-state index contributed by atoms with van der Waals surface area (Å²) in [5.74, 6) is 0.420. The van der Waals surface area contributed by atoms with Gasteiger partial charge < -0.3 is 9.64 Å². The molecule has 24 heavy (non-hydrogen) atoms. The van der Waals surface area contributed by atoms with Gasteiger partial charge in [0.05, 0.1) is 18.5 Å². The van der Waals surface area contributed by atoms with Crippen LogP contribution in [0.4, 0.5) is 4.39 Å². The first kappa shape index (κ1) is 15.8. The van der Waals surface area contributed by atoms with Crippen molar-refractivity contribution in [2.24, 2.45) is 5.92 Å². The van der Waals surface area contributed by atoms with Gasteiger partial charge in [0.15, 0.2) is 0 Å². The summed E-state index contributed by atoms with van der Waals surface area (Å²) in [5, 5.41) is 0. The Kier molecular flexibility index (Phi) is 4.39. The lowest BCUT2D eigenvalue weighted by atomic mass is 9.81. The van der Waals surface area contributed by atoms with E-state index >= 15 is 0 Å². The van der Waals surface area contributed by atoms with Gasteiger partial charge in [-0.05, 0) is 25.0 Å². The molecule has 3 fully saturated rings. The van der Waals surface area contributed by atoms with E-state index in [-0.39, 0.29) is 29.8 Å². The van der Waals surface area contributed by atoms with Crippen LogP contribution in [0.15, 0.2) is 24.3 Å². The number of likely N-dealkylation sites (tertiary alicyclic amines) is 1. The number of rotatable bonds is 3. The number of hydrazine groups is 2. The number of nitrogens with zero attached hydrogens (tertiary/aromatic N) is 1. The van der Waals surface area contributed by atoms with Gasteiger partial charge in [0.2, 0.25) is 5.91 Å². The van der Waals surface area contributed by atoms with E-state index < -0.39 is 0 Å². The number of carbonyl (C=O) groups is 1. The van der Waals surface area contributed by atoms with Crippen molar-refractivity contribution in [1.82, 2.24) is 21.3 Å². The van der Waals surface area contributed by atoms with Gasteiger partial charge in [-0.1, -0.05) is 12.5 Å². The third kappa shape index (κ3) is 3.11. The van der Waals surface area contributed by atoms with Crippen LogP contribution in [-0.4, -0.2) is 42.1 Å². The Morgan fingerprint density at radius 3 is 3.04 bits per heavy atom. The third-order valence-corrected chi connectivity index (χ3v) is 5.27. The summed E-state index contributed by atoms with van der Waals surface area (Å²) >= 11 is 0. The Morgan fingerprint density at radius 2 is 2.17 bits per heavy atom. The highest BCUT2D eigenvalue weighted by Gasteiger charge is 2.43. The molecule has 2 heterocycles. The van der Waals surface area contributed by atoms with Gasteiger partial charge in [0.25, 0.3) is 0 Å². The van der Waals surface area contributed by atoms with Gasteiger partial charge in [-0.2, -0.15) is 5.53 Å². The predicted octanol–water partition coefficient (Wildman–Crippen LogP) is 0.955. The topological polar surface area (TPSA) is 65.6 Å². The molecule has 3 N–H and O–H groups in total. The monoisotopic (exact) mass is 334 g/mol. The lowest BCUT2D eigenvalue weighted by molar-refractivity contribution is -0.136. The minimum atomic E-state index is -0.306. The maximum absolute atomic E-state index is 13.3. The molecule has 2 saturated heterocycles. The minimum Gasteiger partial charge on any atom is -0.488 e.